The molecule has 1 aromatic carbocycles. The van der Waals surface area contributed by atoms with Crippen molar-refractivity contribution in [2.24, 2.45) is 11.3 Å². The van der Waals surface area contributed by atoms with Crippen molar-refractivity contribution in [2.75, 3.05) is 19.3 Å². The number of rotatable bonds is 2. The number of hydrogen-bond donors (Lipinski definition) is 1. The topological polar surface area (TPSA) is 75.4 Å². The van der Waals surface area contributed by atoms with Gasteiger partial charge in [0.2, 0.25) is 10.0 Å². The van der Waals surface area contributed by atoms with Crippen molar-refractivity contribution in [3.8, 4) is 11.3 Å². The number of fused-ring (bicyclic) bond motifs is 3. The van der Waals surface area contributed by atoms with E-state index in [0.717, 1.165) is 18.5 Å². The summed E-state index contributed by atoms with van der Waals surface area (Å²) in [5.41, 5.74) is 3.23. The maximum absolute atomic E-state index is 11.7. The Balaban J connectivity index is 1.48. The molecule has 6 nitrogen and oxygen atoms in total. The Morgan fingerprint density at radius 1 is 1.28 bits per heavy atom. The van der Waals surface area contributed by atoms with E-state index in [2.05, 4.69) is 21.7 Å². The summed E-state index contributed by atoms with van der Waals surface area (Å²) in [6.07, 6.45) is 6.23. The Morgan fingerprint density at radius 2 is 2.04 bits per heavy atom. The molecular weight excluding hydrogens is 338 g/mol. The fourth-order valence-corrected chi connectivity index (χ4v) is 6.07. The lowest BCUT2D eigenvalue weighted by Crippen LogP contribution is -2.62. The Morgan fingerprint density at radius 3 is 2.80 bits per heavy atom. The molecular formula is C18H21N3O3S. The molecule has 1 spiro atoms. The maximum atomic E-state index is 11.7. The van der Waals surface area contributed by atoms with Crippen LogP contribution in [0.2, 0.25) is 0 Å². The van der Waals surface area contributed by atoms with E-state index in [1.807, 2.05) is 24.7 Å². The SMILES string of the molecule is CS(=O)(=O)N1CC2(CCC(C3c4ccccc4-c4cncn43)C2O)C1. The van der Waals surface area contributed by atoms with Gasteiger partial charge in [-0.05, 0) is 18.4 Å². The molecule has 1 saturated heterocycles. The van der Waals surface area contributed by atoms with E-state index in [1.54, 1.807) is 0 Å². The van der Waals surface area contributed by atoms with E-state index >= 15 is 0 Å². The van der Waals surface area contributed by atoms with Gasteiger partial charge in [-0.25, -0.2) is 17.7 Å². The van der Waals surface area contributed by atoms with Crippen molar-refractivity contribution in [3.63, 3.8) is 0 Å². The highest BCUT2D eigenvalue weighted by Gasteiger charge is 2.59. The zero-order chi connectivity index (χ0) is 17.4. The monoisotopic (exact) mass is 359 g/mol. The Kier molecular flexibility index (Phi) is 3.07. The first-order valence-corrected chi connectivity index (χ1v) is 10.5. The van der Waals surface area contributed by atoms with Crippen molar-refractivity contribution >= 4 is 10.0 Å². The Hall–Kier alpha value is -1.70. The van der Waals surface area contributed by atoms with E-state index in [4.69, 9.17) is 0 Å². The summed E-state index contributed by atoms with van der Waals surface area (Å²) in [6, 6.07) is 8.39. The van der Waals surface area contributed by atoms with Crippen LogP contribution >= 0.6 is 0 Å². The molecule has 132 valence electrons. The van der Waals surface area contributed by atoms with Crippen molar-refractivity contribution in [3.05, 3.63) is 42.4 Å². The lowest BCUT2D eigenvalue weighted by atomic mass is 9.75. The molecule has 25 heavy (non-hydrogen) atoms. The number of aromatic nitrogens is 2. The highest BCUT2D eigenvalue weighted by Crippen LogP contribution is 2.55. The van der Waals surface area contributed by atoms with Crippen LogP contribution in [-0.2, 0) is 10.0 Å². The van der Waals surface area contributed by atoms with Crippen molar-refractivity contribution in [1.29, 1.82) is 0 Å². The van der Waals surface area contributed by atoms with Gasteiger partial charge >= 0.3 is 0 Å². The molecule has 3 unspecified atom stereocenters. The van der Waals surface area contributed by atoms with Crippen LogP contribution in [0.5, 0.6) is 0 Å². The van der Waals surface area contributed by atoms with E-state index in [9.17, 15) is 13.5 Å². The first-order valence-electron chi connectivity index (χ1n) is 8.65. The molecule has 0 radical (unpaired) electrons. The van der Waals surface area contributed by atoms with Crippen LogP contribution in [-0.4, -0.2) is 52.8 Å². The van der Waals surface area contributed by atoms with Crippen LogP contribution in [0.3, 0.4) is 0 Å². The number of sulfonamides is 1. The Bertz CT molecular complexity index is 946. The summed E-state index contributed by atoms with van der Waals surface area (Å²) in [5, 5.41) is 11.1. The highest BCUT2D eigenvalue weighted by atomic mass is 32.2. The van der Waals surface area contributed by atoms with Crippen LogP contribution in [0.15, 0.2) is 36.8 Å². The summed E-state index contributed by atoms with van der Waals surface area (Å²) in [4.78, 5) is 4.30. The maximum Gasteiger partial charge on any atom is 0.211 e. The van der Waals surface area contributed by atoms with Gasteiger partial charge in [0.05, 0.1) is 36.6 Å². The molecule has 1 aromatic heterocycles. The normalized spacial score (nSPS) is 30.2. The molecule has 3 aliphatic rings. The van der Waals surface area contributed by atoms with Gasteiger partial charge in [0, 0.05) is 30.0 Å². The smallest absolute Gasteiger partial charge is 0.211 e. The second-order valence-electron chi connectivity index (χ2n) is 7.76. The summed E-state index contributed by atoms with van der Waals surface area (Å²) in [6.45, 7) is 0.878. The largest absolute Gasteiger partial charge is 0.392 e. The van der Waals surface area contributed by atoms with E-state index in [1.165, 1.54) is 21.7 Å². The molecule has 5 rings (SSSR count). The summed E-state index contributed by atoms with van der Waals surface area (Å²) < 4.78 is 27.1. The second-order valence-corrected chi connectivity index (χ2v) is 9.74. The summed E-state index contributed by atoms with van der Waals surface area (Å²) in [5.74, 6) is 0.0818. The van der Waals surface area contributed by atoms with Gasteiger partial charge < -0.3 is 9.67 Å². The summed E-state index contributed by atoms with van der Waals surface area (Å²) >= 11 is 0. The fourth-order valence-electron chi connectivity index (χ4n) is 5.09. The minimum absolute atomic E-state index is 0.0790. The first-order chi connectivity index (χ1) is 11.9. The summed E-state index contributed by atoms with van der Waals surface area (Å²) in [7, 11) is -3.17. The van der Waals surface area contributed by atoms with Gasteiger partial charge in [-0.3, -0.25) is 0 Å². The highest BCUT2D eigenvalue weighted by molar-refractivity contribution is 7.88. The molecule has 1 N–H and O–H groups in total. The van der Waals surface area contributed by atoms with Crippen molar-refractivity contribution < 1.29 is 13.5 Å². The third kappa shape index (κ3) is 2.03. The number of imidazole rings is 1. The molecule has 0 amide bonds. The van der Waals surface area contributed by atoms with Gasteiger partial charge in [-0.15, -0.1) is 0 Å². The third-order valence-corrected chi connectivity index (χ3v) is 7.58. The number of hydrogen-bond acceptors (Lipinski definition) is 4. The molecule has 2 aromatic rings. The van der Waals surface area contributed by atoms with Crippen molar-refractivity contribution in [2.45, 2.75) is 25.0 Å². The predicted octanol–water partition coefficient (Wildman–Crippen LogP) is 1.49. The van der Waals surface area contributed by atoms with Gasteiger partial charge in [-0.1, -0.05) is 24.3 Å². The van der Waals surface area contributed by atoms with Gasteiger partial charge in [0.1, 0.15) is 0 Å². The van der Waals surface area contributed by atoms with Crippen LogP contribution in [0.25, 0.3) is 11.3 Å². The average Bonchev–Trinajstić information content (AvgIpc) is 3.18. The molecule has 2 aliphatic heterocycles. The average molecular weight is 359 g/mol. The fraction of sp³-hybridized carbons (Fsp3) is 0.500. The zero-order valence-corrected chi connectivity index (χ0v) is 14.9. The molecule has 2 fully saturated rings. The van der Waals surface area contributed by atoms with Crippen molar-refractivity contribution in [1.82, 2.24) is 13.9 Å². The first kappa shape index (κ1) is 15.5. The van der Waals surface area contributed by atoms with Crippen LogP contribution in [0.1, 0.15) is 24.4 Å². The lowest BCUT2D eigenvalue weighted by molar-refractivity contribution is -0.0547. The molecule has 3 heterocycles. The van der Waals surface area contributed by atoms with Gasteiger partial charge in [-0.2, -0.15) is 0 Å². The van der Waals surface area contributed by atoms with Crippen LogP contribution < -0.4 is 0 Å². The molecule has 1 aliphatic carbocycles. The Labute approximate surface area is 147 Å². The lowest BCUT2D eigenvalue weighted by Gasteiger charge is -2.49. The molecule has 3 atom stereocenters. The van der Waals surface area contributed by atoms with Gasteiger partial charge in [0.15, 0.2) is 0 Å². The predicted molar refractivity (Wildman–Crippen MR) is 93.4 cm³/mol. The zero-order valence-electron chi connectivity index (χ0n) is 14.0. The number of nitrogens with zero attached hydrogens (tertiary/aromatic N) is 3. The minimum atomic E-state index is -3.17. The number of aliphatic hydroxyl groups is 1. The van der Waals surface area contributed by atoms with Gasteiger partial charge in [0.25, 0.3) is 0 Å². The number of aliphatic hydroxyl groups excluding tert-OH is 1. The van der Waals surface area contributed by atoms with E-state index in [-0.39, 0.29) is 17.4 Å². The van der Waals surface area contributed by atoms with E-state index < -0.39 is 16.1 Å². The minimum Gasteiger partial charge on any atom is -0.392 e. The third-order valence-electron chi connectivity index (χ3n) is 6.39. The van der Waals surface area contributed by atoms with E-state index in [0.29, 0.717) is 13.1 Å². The van der Waals surface area contributed by atoms with Crippen LogP contribution in [0, 0.1) is 11.3 Å². The number of benzene rings is 1. The molecule has 1 saturated carbocycles. The van der Waals surface area contributed by atoms with Crippen LogP contribution in [0.4, 0.5) is 0 Å². The standard InChI is InChI=1S/C18H21N3O3S/c1-25(23,24)20-9-18(10-20)7-6-14(17(18)22)16-13-5-3-2-4-12(13)15-8-19-11-21(15)16/h2-5,8,11,14,16-17,22H,6-7,9-10H2,1H3. The molecule has 0 bridgehead atoms. The molecule has 7 heteroatoms. The second kappa shape index (κ2) is 4.93. The quantitative estimate of drug-likeness (QED) is 0.881.